The van der Waals surface area contributed by atoms with E-state index in [1.807, 2.05) is 0 Å². The summed E-state index contributed by atoms with van der Waals surface area (Å²) in [5.41, 5.74) is 0.0195. The van der Waals surface area contributed by atoms with Gasteiger partial charge in [-0.2, -0.15) is 13.1 Å². The number of hydrogen-bond acceptors (Lipinski definition) is 5. The average molecular weight is 430 g/mol. The molecule has 0 unspecified atom stereocenters. The van der Waals surface area contributed by atoms with Gasteiger partial charge in [-0.15, -0.1) is 0 Å². The topological polar surface area (TPSA) is 62.7 Å². The summed E-state index contributed by atoms with van der Waals surface area (Å²) in [5, 5.41) is 0. The number of hydrogen-bond donors (Lipinski definition) is 0. The molecule has 0 amide bonds. The van der Waals surface area contributed by atoms with Crippen LogP contribution < -0.4 is 0 Å². The number of nitrogens with zero attached hydrogens (tertiary/aromatic N) is 3. The van der Waals surface area contributed by atoms with Crippen LogP contribution in [0.25, 0.3) is 0 Å². The fourth-order valence-corrected chi connectivity index (χ4v) is 6.68. The third-order valence-corrected chi connectivity index (χ3v) is 8.48. The molecule has 3 fully saturated rings. The van der Waals surface area contributed by atoms with E-state index in [0.29, 0.717) is 13.1 Å². The summed E-state index contributed by atoms with van der Waals surface area (Å²) in [6.45, 7) is 9.98. The zero-order valence-electron chi connectivity index (χ0n) is 17.2. The molecule has 4 rings (SSSR count). The van der Waals surface area contributed by atoms with E-state index in [9.17, 15) is 17.2 Å². The van der Waals surface area contributed by atoms with Crippen LogP contribution >= 0.6 is 0 Å². The van der Waals surface area contributed by atoms with Gasteiger partial charge in [-0.3, -0.25) is 4.98 Å². The van der Waals surface area contributed by atoms with Gasteiger partial charge in [0.05, 0.1) is 5.69 Å². The fourth-order valence-electron chi connectivity index (χ4n) is 4.85. The van der Waals surface area contributed by atoms with Crippen LogP contribution in [0, 0.1) is 17.8 Å². The number of sulfonamides is 1. The highest BCUT2D eigenvalue weighted by Gasteiger charge is 2.56. The number of aromatic nitrogens is 1. The first-order valence-electron chi connectivity index (χ1n) is 10.1. The van der Waals surface area contributed by atoms with Crippen LogP contribution in [0.4, 0.5) is 8.78 Å². The first kappa shape index (κ1) is 21.1. The van der Waals surface area contributed by atoms with Crippen molar-refractivity contribution in [2.45, 2.75) is 44.4 Å². The molecule has 9 heteroatoms. The Labute approximate surface area is 171 Å². The maximum Gasteiger partial charge on any atom is 0.286 e. The molecular formula is C20H29F2N3O3S. The number of rotatable bonds is 5. The summed E-state index contributed by atoms with van der Waals surface area (Å²) >= 11 is 0. The van der Waals surface area contributed by atoms with Crippen molar-refractivity contribution < 1.29 is 21.9 Å². The highest BCUT2D eigenvalue weighted by Crippen LogP contribution is 2.44. The van der Waals surface area contributed by atoms with Gasteiger partial charge in [0.1, 0.15) is 10.6 Å². The number of alkyl halides is 2. The second kappa shape index (κ2) is 6.93. The van der Waals surface area contributed by atoms with Crippen molar-refractivity contribution >= 4 is 10.0 Å². The van der Waals surface area contributed by atoms with E-state index in [4.69, 9.17) is 4.74 Å². The van der Waals surface area contributed by atoms with E-state index < -0.39 is 21.6 Å². The molecular weight excluding hydrogens is 400 g/mol. The van der Waals surface area contributed by atoms with Gasteiger partial charge in [0.2, 0.25) is 10.0 Å². The molecule has 162 valence electrons. The Bertz CT molecular complexity index is 881. The van der Waals surface area contributed by atoms with E-state index in [1.165, 1.54) is 17.3 Å². The van der Waals surface area contributed by atoms with E-state index in [0.717, 1.165) is 58.7 Å². The zero-order valence-corrected chi connectivity index (χ0v) is 18.1. The van der Waals surface area contributed by atoms with Gasteiger partial charge in [-0.05, 0) is 37.3 Å². The maximum atomic E-state index is 13.5. The fraction of sp³-hybridized carbons (Fsp3) is 0.750. The first-order valence-corrected chi connectivity index (χ1v) is 11.5. The number of halogens is 2. The van der Waals surface area contributed by atoms with Crippen LogP contribution in [0.15, 0.2) is 17.0 Å². The van der Waals surface area contributed by atoms with Crippen molar-refractivity contribution in [3.63, 3.8) is 0 Å². The lowest BCUT2D eigenvalue weighted by atomic mass is 9.72. The van der Waals surface area contributed by atoms with Crippen molar-refractivity contribution in [1.82, 2.24) is 14.2 Å². The Hall–Kier alpha value is -1.16. The standard InChI is InChI=1S/C20H29F2N3O3S/c1-15-16(4-5-17(23-15)19(3,21)22)29(26,27)25-13-20(14-25)11-24(12-20)10-18(2)6-8-28-9-7-18/h4-5H,6-14H2,1-3H3. The summed E-state index contributed by atoms with van der Waals surface area (Å²) in [6, 6.07) is 2.36. The summed E-state index contributed by atoms with van der Waals surface area (Å²) < 4.78 is 59.7. The molecule has 0 bridgehead atoms. The highest BCUT2D eigenvalue weighted by atomic mass is 32.2. The minimum absolute atomic E-state index is 0.0197. The monoisotopic (exact) mass is 429 g/mol. The number of likely N-dealkylation sites (tertiary alicyclic amines) is 1. The molecule has 1 aromatic heterocycles. The zero-order chi connectivity index (χ0) is 21.1. The number of aryl methyl sites for hydroxylation is 1. The Morgan fingerprint density at radius 2 is 1.79 bits per heavy atom. The van der Waals surface area contributed by atoms with Crippen LogP contribution in [0.2, 0.25) is 0 Å². The van der Waals surface area contributed by atoms with E-state index >= 15 is 0 Å². The lowest BCUT2D eigenvalue weighted by molar-refractivity contribution is -0.105. The SMILES string of the molecule is Cc1nc(C(C)(F)F)ccc1S(=O)(=O)N1CC2(CN(CC3(C)CCOCC3)C2)C1. The van der Waals surface area contributed by atoms with Crippen molar-refractivity contribution in [3.05, 3.63) is 23.5 Å². The quantitative estimate of drug-likeness (QED) is 0.720. The predicted molar refractivity (Wildman–Crippen MR) is 104 cm³/mol. The van der Waals surface area contributed by atoms with Gasteiger partial charge in [0, 0.05) is 58.3 Å². The molecule has 0 aliphatic carbocycles. The van der Waals surface area contributed by atoms with Crippen LogP contribution in [-0.4, -0.2) is 68.5 Å². The number of pyridine rings is 1. The van der Waals surface area contributed by atoms with Gasteiger partial charge < -0.3 is 9.64 Å². The number of ether oxygens (including phenoxy) is 1. The summed E-state index contributed by atoms with van der Waals surface area (Å²) in [7, 11) is -3.71. The van der Waals surface area contributed by atoms with Gasteiger partial charge in [-0.1, -0.05) is 6.92 Å². The largest absolute Gasteiger partial charge is 0.381 e. The molecule has 1 spiro atoms. The Morgan fingerprint density at radius 3 is 2.34 bits per heavy atom. The predicted octanol–water partition coefficient (Wildman–Crippen LogP) is 2.62. The smallest absolute Gasteiger partial charge is 0.286 e. The lowest BCUT2D eigenvalue weighted by Gasteiger charge is -2.61. The molecule has 29 heavy (non-hydrogen) atoms. The third-order valence-electron chi connectivity index (χ3n) is 6.55. The van der Waals surface area contributed by atoms with Gasteiger partial charge in [-0.25, -0.2) is 8.42 Å². The molecule has 1 aromatic rings. The Morgan fingerprint density at radius 1 is 1.17 bits per heavy atom. The van der Waals surface area contributed by atoms with Gasteiger partial charge in [0.25, 0.3) is 5.92 Å². The van der Waals surface area contributed by atoms with Crippen LogP contribution in [0.3, 0.4) is 0 Å². The molecule has 3 saturated heterocycles. The average Bonchev–Trinajstić information content (AvgIpc) is 2.55. The molecule has 0 aromatic carbocycles. The van der Waals surface area contributed by atoms with Gasteiger partial charge >= 0.3 is 0 Å². The summed E-state index contributed by atoms with van der Waals surface area (Å²) in [6.07, 6.45) is 2.13. The van der Waals surface area contributed by atoms with Crippen LogP contribution in [-0.2, 0) is 20.7 Å². The van der Waals surface area contributed by atoms with Crippen LogP contribution in [0.5, 0.6) is 0 Å². The molecule has 4 heterocycles. The van der Waals surface area contributed by atoms with Crippen molar-refractivity contribution in [2.24, 2.45) is 10.8 Å². The second-order valence-electron chi connectivity index (χ2n) is 9.51. The normalized spacial score (nSPS) is 24.9. The second-order valence-corrected chi connectivity index (χ2v) is 11.4. The maximum absolute atomic E-state index is 13.5. The van der Waals surface area contributed by atoms with Crippen molar-refractivity contribution in [2.75, 3.05) is 45.9 Å². The molecule has 6 nitrogen and oxygen atoms in total. The van der Waals surface area contributed by atoms with Crippen LogP contribution in [0.1, 0.15) is 38.1 Å². The van der Waals surface area contributed by atoms with Gasteiger partial charge in [0.15, 0.2) is 0 Å². The Balaban J connectivity index is 1.36. The molecule has 3 aliphatic heterocycles. The van der Waals surface area contributed by atoms with Crippen molar-refractivity contribution in [3.8, 4) is 0 Å². The highest BCUT2D eigenvalue weighted by molar-refractivity contribution is 7.89. The molecule has 0 N–H and O–H groups in total. The van der Waals surface area contributed by atoms with E-state index in [1.54, 1.807) is 0 Å². The minimum atomic E-state index is -3.71. The van der Waals surface area contributed by atoms with E-state index in [2.05, 4.69) is 16.8 Å². The van der Waals surface area contributed by atoms with E-state index in [-0.39, 0.29) is 21.4 Å². The van der Waals surface area contributed by atoms with Crippen molar-refractivity contribution in [1.29, 1.82) is 0 Å². The molecule has 0 radical (unpaired) electrons. The molecule has 3 aliphatic rings. The lowest BCUT2D eigenvalue weighted by Crippen LogP contribution is -2.73. The Kier molecular flexibility index (Phi) is 5.04. The molecule has 0 atom stereocenters. The molecule has 0 saturated carbocycles. The first-order chi connectivity index (χ1) is 13.4. The third kappa shape index (κ3) is 3.94. The minimum Gasteiger partial charge on any atom is -0.381 e. The summed E-state index contributed by atoms with van der Waals surface area (Å²) in [4.78, 5) is 6.27. The summed E-state index contributed by atoms with van der Waals surface area (Å²) in [5.74, 6) is -3.09.